The molecule has 0 radical (unpaired) electrons. The van der Waals surface area contributed by atoms with Crippen LogP contribution in [0.3, 0.4) is 0 Å². The Bertz CT molecular complexity index is 460. The molecule has 2 aromatic carbocycles. The van der Waals surface area contributed by atoms with Crippen LogP contribution in [0.15, 0.2) is 60.7 Å². The van der Waals surface area contributed by atoms with Crippen molar-refractivity contribution in [2.75, 3.05) is 11.9 Å². The van der Waals surface area contributed by atoms with Crippen LogP contribution < -0.4 is 4.90 Å². The number of para-hydroxylation sites is 1. The number of likely N-dealkylation sites (N-methyl/N-ethyl adjacent to an activating group) is 1. The van der Waals surface area contributed by atoms with E-state index in [4.69, 9.17) is 0 Å². The van der Waals surface area contributed by atoms with Gasteiger partial charge in [0.05, 0.1) is 5.92 Å². The lowest BCUT2D eigenvalue weighted by Crippen LogP contribution is -2.30. The topological polar surface area (TPSA) is 20.3 Å². The van der Waals surface area contributed by atoms with Crippen LogP contribution in [-0.2, 0) is 4.79 Å². The lowest BCUT2D eigenvalue weighted by molar-refractivity contribution is -0.119. The van der Waals surface area contributed by atoms with Gasteiger partial charge in [0, 0.05) is 12.7 Å². The van der Waals surface area contributed by atoms with Crippen LogP contribution in [0.1, 0.15) is 18.4 Å². The van der Waals surface area contributed by atoms with Gasteiger partial charge in [-0.25, -0.2) is 0 Å². The monoisotopic (exact) mass is 239 g/mol. The smallest absolute Gasteiger partial charge is 0.233 e. The molecule has 0 aliphatic heterocycles. The van der Waals surface area contributed by atoms with Crippen molar-refractivity contribution in [1.82, 2.24) is 0 Å². The highest BCUT2D eigenvalue weighted by Crippen LogP contribution is 2.20. The standard InChI is InChI=1S/C16H17NO/c1-13(14-9-5-3-6-10-14)16(18)17(2)15-11-7-4-8-12-15/h3-13H,1-2H3. The molecular formula is C16H17NO. The third-order valence-electron chi connectivity index (χ3n) is 3.14. The molecule has 1 unspecified atom stereocenters. The molecule has 0 saturated heterocycles. The fourth-order valence-electron chi connectivity index (χ4n) is 1.95. The lowest BCUT2D eigenvalue weighted by Gasteiger charge is -2.21. The van der Waals surface area contributed by atoms with E-state index < -0.39 is 0 Å². The number of anilines is 1. The predicted octanol–water partition coefficient (Wildman–Crippen LogP) is 3.45. The molecule has 0 saturated carbocycles. The molecule has 0 aliphatic carbocycles. The molecule has 0 fully saturated rings. The molecule has 1 atom stereocenters. The lowest BCUT2D eigenvalue weighted by atomic mass is 10.00. The minimum Gasteiger partial charge on any atom is -0.315 e. The molecule has 2 heteroatoms. The molecule has 0 aliphatic rings. The molecular weight excluding hydrogens is 222 g/mol. The van der Waals surface area contributed by atoms with E-state index in [1.165, 1.54) is 0 Å². The van der Waals surface area contributed by atoms with Gasteiger partial charge in [0.15, 0.2) is 0 Å². The maximum absolute atomic E-state index is 12.4. The second-order valence-electron chi connectivity index (χ2n) is 4.37. The molecule has 2 aromatic rings. The van der Waals surface area contributed by atoms with Crippen LogP contribution in [-0.4, -0.2) is 13.0 Å². The first kappa shape index (κ1) is 12.4. The first-order chi connectivity index (χ1) is 8.70. The molecule has 2 nitrogen and oxygen atoms in total. The zero-order chi connectivity index (χ0) is 13.0. The van der Waals surface area contributed by atoms with Gasteiger partial charge in [0.25, 0.3) is 0 Å². The number of benzene rings is 2. The van der Waals surface area contributed by atoms with Crippen molar-refractivity contribution in [3.8, 4) is 0 Å². The van der Waals surface area contributed by atoms with Gasteiger partial charge >= 0.3 is 0 Å². The maximum atomic E-state index is 12.4. The van der Waals surface area contributed by atoms with E-state index in [0.29, 0.717) is 0 Å². The summed E-state index contributed by atoms with van der Waals surface area (Å²) in [6.07, 6.45) is 0. The summed E-state index contributed by atoms with van der Waals surface area (Å²) >= 11 is 0. The Morgan fingerprint density at radius 2 is 1.44 bits per heavy atom. The first-order valence-corrected chi connectivity index (χ1v) is 6.07. The van der Waals surface area contributed by atoms with Crippen molar-refractivity contribution < 1.29 is 4.79 Å². The van der Waals surface area contributed by atoms with Gasteiger partial charge in [-0.15, -0.1) is 0 Å². The molecule has 18 heavy (non-hydrogen) atoms. The molecule has 0 spiro atoms. The normalized spacial score (nSPS) is 11.9. The van der Waals surface area contributed by atoms with Crippen molar-refractivity contribution in [1.29, 1.82) is 0 Å². The Balaban J connectivity index is 2.17. The van der Waals surface area contributed by atoms with E-state index in [1.54, 1.807) is 4.90 Å². The van der Waals surface area contributed by atoms with Crippen LogP contribution in [0.5, 0.6) is 0 Å². The van der Waals surface area contributed by atoms with Gasteiger partial charge in [0.1, 0.15) is 0 Å². The largest absolute Gasteiger partial charge is 0.315 e. The van der Waals surface area contributed by atoms with E-state index in [-0.39, 0.29) is 11.8 Å². The van der Waals surface area contributed by atoms with Gasteiger partial charge in [-0.05, 0) is 24.6 Å². The molecule has 0 heterocycles. The summed E-state index contributed by atoms with van der Waals surface area (Å²) in [6, 6.07) is 19.6. The summed E-state index contributed by atoms with van der Waals surface area (Å²) in [7, 11) is 1.82. The fraction of sp³-hybridized carbons (Fsp3) is 0.188. The summed E-state index contributed by atoms with van der Waals surface area (Å²) in [4.78, 5) is 14.1. The highest BCUT2D eigenvalue weighted by atomic mass is 16.2. The predicted molar refractivity (Wildman–Crippen MR) is 74.7 cm³/mol. The van der Waals surface area contributed by atoms with Crippen LogP contribution >= 0.6 is 0 Å². The summed E-state index contributed by atoms with van der Waals surface area (Å²) in [5.41, 5.74) is 1.97. The van der Waals surface area contributed by atoms with E-state index in [2.05, 4.69) is 0 Å². The third-order valence-corrected chi connectivity index (χ3v) is 3.14. The Morgan fingerprint density at radius 3 is 2.00 bits per heavy atom. The average molecular weight is 239 g/mol. The number of hydrogen-bond acceptors (Lipinski definition) is 1. The average Bonchev–Trinajstić information content (AvgIpc) is 2.47. The zero-order valence-corrected chi connectivity index (χ0v) is 10.7. The van der Waals surface area contributed by atoms with Gasteiger partial charge in [-0.2, -0.15) is 0 Å². The summed E-state index contributed by atoms with van der Waals surface area (Å²) in [5, 5.41) is 0. The number of hydrogen-bond donors (Lipinski definition) is 0. The minimum absolute atomic E-state index is 0.104. The zero-order valence-electron chi connectivity index (χ0n) is 10.7. The summed E-state index contributed by atoms with van der Waals surface area (Å²) < 4.78 is 0. The van der Waals surface area contributed by atoms with Gasteiger partial charge in [-0.3, -0.25) is 4.79 Å². The Morgan fingerprint density at radius 1 is 0.944 bits per heavy atom. The van der Waals surface area contributed by atoms with Crippen molar-refractivity contribution in [3.05, 3.63) is 66.2 Å². The third kappa shape index (κ3) is 2.59. The Labute approximate surface area is 108 Å². The second kappa shape index (κ2) is 5.50. The maximum Gasteiger partial charge on any atom is 0.233 e. The number of amides is 1. The van der Waals surface area contributed by atoms with E-state index in [1.807, 2.05) is 74.6 Å². The van der Waals surface area contributed by atoms with E-state index >= 15 is 0 Å². The second-order valence-corrected chi connectivity index (χ2v) is 4.37. The van der Waals surface area contributed by atoms with Gasteiger partial charge < -0.3 is 4.90 Å². The van der Waals surface area contributed by atoms with Crippen LogP contribution in [0.25, 0.3) is 0 Å². The Hall–Kier alpha value is -2.09. The molecule has 2 rings (SSSR count). The van der Waals surface area contributed by atoms with Gasteiger partial charge in [-0.1, -0.05) is 48.5 Å². The molecule has 92 valence electrons. The highest BCUT2D eigenvalue weighted by Gasteiger charge is 2.19. The molecule has 1 amide bonds. The molecule has 0 aromatic heterocycles. The summed E-state index contributed by atoms with van der Waals surface area (Å²) in [6.45, 7) is 1.94. The highest BCUT2D eigenvalue weighted by molar-refractivity contribution is 5.97. The van der Waals surface area contributed by atoms with Crippen molar-refractivity contribution in [3.63, 3.8) is 0 Å². The van der Waals surface area contributed by atoms with Crippen LogP contribution in [0.4, 0.5) is 5.69 Å². The van der Waals surface area contributed by atoms with Crippen molar-refractivity contribution in [2.45, 2.75) is 12.8 Å². The summed E-state index contributed by atoms with van der Waals surface area (Å²) in [5.74, 6) is -0.0243. The van der Waals surface area contributed by atoms with Crippen molar-refractivity contribution in [2.24, 2.45) is 0 Å². The number of nitrogens with zero attached hydrogens (tertiary/aromatic N) is 1. The quantitative estimate of drug-likeness (QED) is 0.803. The SMILES string of the molecule is CC(C(=O)N(C)c1ccccc1)c1ccccc1. The Kier molecular flexibility index (Phi) is 3.78. The first-order valence-electron chi connectivity index (χ1n) is 6.07. The fourth-order valence-corrected chi connectivity index (χ4v) is 1.95. The number of carbonyl (C=O) groups is 1. The number of rotatable bonds is 3. The molecule has 0 bridgehead atoms. The van der Waals surface area contributed by atoms with Crippen LogP contribution in [0.2, 0.25) is 0 Å². The number of carbonyl (C=O) groups excluding carboxylic acids is 1. The van der Waals surface area contributed by atoms with E-state index in [9.17, 15) is 4.79 Å². The van der Waals surface area contributed by atoms with E-state index in [0.717, 1.165) is 11.3 Å². The van der Waals surface area contributed by atoms with Crippen LogP contribution in [0, 0.1) is 0 Å². The molecule has 0 N–H and O–H groups in total. The van der Waals surface area contributed by atoms with Crippen molar-refractivity contribution >= 4 is 11.6 Å². The van der Waals surface area contributed by atoms with Gasteiger partial charge in [0.2, 0.25) is 5.91 Å². The minimum atomic E-state index is -0.128.